The first-order valence-corrected chi connectivity index (χ1v) is 6.61. The van der Waals surface area contributed by atoms with Crippen LogP contribution >= 0.6 is 0 Å². The Balaban J connectivity index is 2.22. The lowest BCUT2D eigenvalue weighted by Crippen LogP contribution is -2.34. The second-order valence-corrected chi connectivity index (χ2v) is 4.78. The SMILES string of the molecule is CC(=O)O[C@H](C(=O)c1ccccc1)[C@H]1C=CCCC1. The highest BCUT2D eigenvalue weighted by Crippen LogP contribution is 2.25. The van der Waals surface area contributed by atoms with E-state index in [4.69, 9.17) is 4.74 Å². The van der Waals surface area contributed by atoms with Crippen molar-refractivity contribution in [2.24, 2.45) is 5.92 Å². The fourth-order valence-electron chi connectivity index (χ4n) is 2.37. The van der Waals surface area contributed by atoms with Gasteiger partial charge in [-0.25, -0.2) is 0 Å². The normalized spacial score (nSPS) is 19.7. The molecule has 0 heterocycles. The lowest BCUT2D eigenvalue weighted by Gasteiger charge is -2.25. The third-order valence-corrected chi connectivity index (χ3v) is 3.29. The summed E-state index contributed by atoms with van der Waals surface area (Å²) in [4.78, 5) is 23.7. The van der Waals surface area contributed by atoms with Crippen molar-refractivity contribution in [3.8, 4) is 0 Å². The average Bonchev–Trinajstić information content (AvgIpc) is 2.46. The number of hydrogen-bond acceptors (Lipinski definition) is 3. The smallest absolute Gasteiger partial charge is 0.303 e. The minimum atomic E-state index is -0.698. The summed E-state index contributed by atoms with van der Waals surface area (Å²) in [7, 11) is 0. The zero-order chi connectivity index (χ0) is 13.7. The molecule has 3 nitrogen and oxygen atoms in total. The maximum atomic E-state index is 12.5. The molecule has 0 saturated heterocycles. The number of benzene rings is 1. The fraction of sp³-hybridized carbons (Fsp3) is 0.375. The van der Waals surface area contributed by atoms with E-state index in [1.165, 1.54) is 6.92 Å². The molecule has 1 aliphatic carbocycles. The van der Waals surface area contributed by atoms with Crippen molar-refractivity contribution in [2.75, 3.05) is 0 Å². The molecule has 2 atom stereocenters. The van der Waals surface area contributed by atoms with Crippen LogP contribution in [0, 0.1) is 5.92 Å². The Bertz CT molecular complexity index is 476. The molecule has 0 radical (unpaired) electrons. The van der Waals surface area contributed by atoms with E-state index in [0.717, 1.165) is 19.3 Å². The Morgan fingerprint density at radius 2 is 2.00 bits per heavy atom. The molecule has 0 unspecified atom stereocenters. The topological polar surface area (TPSA) is 43.4 Å². The van der Waals surface area contributed by atoms with Gasteiger partial charge in [0, 0.05) is 18.4 Å². The lowest BCUT2D eigenvalue weighted by atomic mass is 9.87. The van der Waals surface area contributed by atoms with Gasteiger partial charge in [-0.3, -0.25) is 9.59 Å². The van der Waals surface area contributed by atoms with E-state index < -0.39 is 12.1 Å². The Morgan fingerprint density at radius 1 is 1.26 bits per heavy atom. The maximum absolute atomic E-state index is 12.5. The predicted octanol–water partition coefficient (Wildman–Crippen LogP) is 3.16. The van der Waals surface area contributed by atoms with Crippen LogP contribution in [0.1, 0.15) is 36.5 Å². The number of ketones is 1. The van der Waals surface area contributed by atoms with Crippen molar-refractivity contribution in [1.82, 2.24) is 0 Å². The minimum Gasteiger partial charge on any atom is -0.454 e. The highest BCUT2D eigenvalue weighted by molar-refractivity contribution is 6.00. The van der Waals surface area contributed by atoms with Gasteiger partial charge < -0.3 is 4.74 Å². The lowest BCUT2D eigenvalue weighted by molar-refractivity contribution is -0.145. The number of carbonyl (C=O) groups is 2. The maximum Gasteiger partial charge on any atom is 0.303 e. The standard InChI is InChI=1S/C16H18O3/c1-12(17)19-16(14-10-6-3-7-11-14)15(18)13-8-4-2-5-9-13/h2,4-6,8-10,14,16H,3,7,11H2,1H3/t14-,16-/m0/s1. The van der Waals surface area contributed by atoms with E-state index in [-0.39, 0.29) is 11.7 Å². The van der Waals surface area contributed by atoms with Gasteiger partial charge in [0.1, 0.15) is 0 Å². The number of esters is 1. The first-order chi connectivity index (χ1) is 9.18. The number of carbonyl (C=O) groups excluding carboxylic acids is 2. The Labute approximate surface area is 113 Å². The van der Waals surface area contributed by atoms with Crippen LogP contribution in [-0.4, -0.2) is 17.9 Å². The molecular formula is C16H18O3. The Hall–Kier alpha value is -1.90. The van der Waals surface area contributed by atoms with E-state index in [1.54, 1.807) is 12.1 Å². The van der Waals surface area contributed by atoms with Gasteiger partial charge >= 0.3 is 5.97 Å². The van der Waals surface area contributed by atoms with Gasteiger partial charge in [-0.1, -0.05) is 42.5 Å². The summed E-state index contributed by atoms with van der Waals surface area (Å²) in [5, 5.41) is 0. The van der Waals surface area contributed by atoms with Crippen LogP contribution in [0.2, 0.25) is 0 Å². The van der Waals surface area contributed by atoms with Crippen LogP contribution in [0.15, 0.2) is 42.5 Å². The summed E-state index contributed by atoms with van der Waals surface area (Å²) < 4.78 is 5.27. The molecule has 1 aromatic rings. The van der Waals surface area contributed by atoms with Crippen LogP contribution in [0.3, 0.4) is 0 Å². The van der Waals surface area contributed by atoms with E-state index in [1.807, 2.05) is 24.3 Å². The molecule has 0 spiro atoms. The van der Waals surface area contributed by atoms with Crippen LogP contribution in [-0.2, 0) is 9.53 Å². The van der Waals surface area contributed by atoms with Crippen molar-refractivity contribution >= 4 is 11.8 Å². The van der Waals surface area contributed by atoms with E-state index in [2.05, 4.69) is 6.08 Å². The molecule has 0 fully saturated rings. The molecule has 0 N–H and O–H groups in total. The molecule has 0 amide bonds. The highest BCUT2D eigenvalue weighted by atomic mass is 16.5. The van der Waals surface area contributed by atoms with Crippen LogP contribution in [0.25, 0.3) is 0 Å². The summed E-state index contributed by atoms with van der Waals surface area (Å²) in [6.45, 7) is 1.35. The fourth-order valence-corrected chi connectivity index (χ4v) is 2.37. The largest absolute Gasteiger partial charge is 0.454 e. The molecule has 0 saturated carbocycles. The summed E-state index contributed by atoms with van der Waals surface area (Å²) in [5.41, 5.74) is 0.590. The molecule has 1 aliphatic rings. The summed E-state index contributed by atoms with van der Waals surface area (Å²) >= 11 is 0. The molecule has 2 rings (SSSR count). The van der Waals surface area contributed by atoms with Gasteiger partial charge in [-0.15, -0.1) is 0 Å². The molecular weight excluding hydrogens is 240 g/mol. The van der Waals surface area contributed by atoms with Crippen molar-refractivity contribution in [1.29, 1.82) is 0 Å². The monoisotopic (exact) mass is 258 g/mol. The van der Waals surface area contributed by atoms with E-state index >= 15 is 0 Å². The zero-order valence-corrected chi connectivity index (χ0v) is 11.0. The molecule has 1 aromatic carbocycles. The zero-order valence-electron chi connectivity index (χ0n) is 11.0. The number of ether oxygens (including phenoxy) is 1. The molecule has 0 bridgehead atoms. The third-order valence-electron chi connectivity index (χ3n) is 3.29. The number of allylic oxidation sites excluding steroid dienone is 1. The average molecular weight is 258 g/mol. The van der Waals surface area contributed by atoms with Gasteiger partial charge in [0.05, 0.1) is 0 Å². The van der Waals surface area contributed by atoms with Gasteiger partial charge in [-0.2, -0.15) is 0 Å². The molecule has 100 valence electrons. The van der Waals surface area contributed by atoms with Crippen molar-refractivity contribution < 1.29 is 14.3 Å². The number of Topliss-reactive ketones (excluding diaryl/α,β-unsaturated/α-hetero) is 1. The first-order valence-electron chi connectivity index (χ1n) is 6.61. The second-order valence-electron chi connectivity index (χ2n) is 4.78. The molecule has 3 heteroatoms. The number of hydrogen-bond donors (Lipinski definition) is 0. The van der Waals surface area contributed by atoms with Crippen LogP contribution in [0.4, 0.5) is 0 Å². The van der Waals surface area contributed by atoms with Gasteiger partial charge in [0.15, 0.2) is 6.10 Å². The van der Waals surface area contributed by atoms with E-state index in [0.29, 0.717) is 5.56 Å². The quantitative estimate of drug-likeness (QED) is 0.473. The summed E-state index contributed by atoms with van der Waals surface area (Å²) in [6, 6.07) is 9.00. The summed E-state index contributed by atoms with van der Waals surface area (Å²) in [5.74, 6) is -0.536. The van der Waals surface area contributed by atoms with Crippen molar-refractivity contribution in [3.05, 3.63) is 48.0 Å². The van der Waals surface area contributed by atoms with Crippen molar-refractivity contribution in [2.45, 2.75) is 32.3 Å². The van der Waals surface area contributed by atoms with Crippen LogP contribution in [0.5, 0.6) is 0 Å². The molecule has 0 aromatic heterocycles. The van der Waals surface area contributed by atoms with Crippen molar-refractivity contribution in [3.63, 3.8) is 0 Å². The molecule has 19 heavy (non-hydrogen) atoms. The van der Waals surface area contributed by atoms with Gasteiger partial charge in [-0.05, 0) is 19.3 Å². The number of rotatable bonds is 4. The third kappa shape index (κ3) is 3.53. The minimum absolute atomic E-state index is 0.00893. The second kappa shape index (κ2) is 6.32. The Kier molecular flexibility index (Phi) is 4.50. The van der Waals surface area contributed by atoms with Gasteiger partial charge in [0.25, 0.3) is 0 Å². The molecule has 0 aliphatic heterocycles. The van der Waals surface area contributed by atoms with E-state index in [9.17, 15) is 9.59 Å². The summed E-state index contributed by atoms with van der Waals surface area (Å²) in [6.07, 6.45) is 6.30. The highest BCUT2D eigenvalue weighted by Gasteiger charge is 2.30. The predicted molar refractivity (Wildman–Crippen MR) is 72.8 cm³/mol. The Morgan fingerprint density at radius 3 is 2.58 bits per heavy atom. The van der Waals surface area contributed by atoms with Gasteiger partial charge in [0.2, 0.25) is 5.78 Å². The van der Waals surface area contributed by atoms with Crippen LogP contribution < -0.4 is 0 Å². The first kappa shape index (κ1) is 13.5.